The Kier molecular flexibility index (Phi) is 3.33. The number of aromatic nitrogens is 2. The van der Waals surface area contributed by atoms with Gasteiger partial charge in [0.25, 0.3) is 10.0 Å². The van der Waals surface area contributed by atoms with Gasteiger partial charge in [0.1, 0.15) is 0 Å². The number of aromatic amines is 1. The van der Waals surface area contributed by atoms with E-state index in [-0.39, 0.29) is 16.2 Å². The molecule has 0 saturated carbocycles. The van der Waals surface area contributed by atoms with E-state index in [1.54, 1.807) is 0 Å². The maximum Gasteiger partial charge on any atom is 0.340 e. The number of ketones is 1. The lowest BCUT2D eigenvalue weighted by atomic mass is 10.2. The second-order valence-corrected chi connectivity index (χ2v) is 6.84. The summed E-state index contributed by atoms with van der Waals surface area (Å²) >= 11 is 0. The molecule has 3 aromatic rings. The average molecular weight is 331 g/mol. The third-order valence-corrected chi connectivity index (χ3v) is 5.18. The number of nitrogen functional groups attached to an aromatic ring is 1. The largest absolute Gasteiger partial charge is 0.399 e. The van der Waals surface area contributed by atoms with Crippen molar-refractivity contribution in [1.29, 1.82) is 0 Å². The van der Waals surface area contributed by atoms with Crippen molar-refractivity contribution in [3.8, 4) is 0 Å². The fraction of sp³-hybridized carbons (Fsp3) is 0.0667. The highest BCUT2D eigenvalue weighted by Crippen LogP contribution is 2.20. The van der Waals surface area contributed by atoms with Crippen LogP contribution in [0.15, 0.2) is 52.2 Å². The second-order valence-electron chi connectivity index (χ2n) is 5.06. The highest BCUT2D eigenvalue weighted by Gasteiger charge is 2.22. The predicted molar refractivity (Wildman–Crippen MR) is 86.0 cm³/mol. The Morgan fingerprint density at radius 3 is 2.39 bits per heavy atom. The molecule has 23 heavy (non-hydrogen) atoms. The van der Waals surface area contributed by atoms with E-state index in [0.29, 0.717) is 20.7 Å². The lowest BCUT2D eigenvalue weighted by Crippen LogP contribution is -2.25. The fourth-order valence-corrected chi connectivity index (χ4v) is 3.68. The lowest BCUT2D eigenvalue weighted by molar-refractivity contribution is 0.101. The first-order valence-electron chi connectivity index (χ1n) is 6.67. The number of imidazole rings is 1. The number of carbonyl (C=O) groups excluding carboxylic acids is 1. The molecular weight excluding hydrogens is 318 g/mol. The van der Waals surface area contributed by atoms with Gasteiger partial charge in [0.15, 0.2) is 5.78 Å². The van der Waals surface area contributed by atoms with Gasteiger partial charge in [-0.15, -0.1) is 0 Å². The molecular formula is C15H13N3O4S. The smallest absolute Gasteiger partial charge is 0.340 e. The van der Waals surface area contributed by atoms with Crippen LogP contribution in [0.25, 0.3) is 11.0 Å². The van der Waals surface area contributed by atoms with Crippen molar-refractivity contribution in [2.75, 3.05) is 5.73 Å². The number of Topliss-reactive ketones (excluding diaryl/α,β-unsaturated/α-hetero) is 1. The highest BCUT2D eigenvalue weighted by molar-refractivity contribution is 7.90. The summed E-state index contributed by atoms with van der Waals surface area (Å²) in [5, 5.41) is 0. The van der Waals surface area contributed by atoms with Crippen molar-refractivity contribution in [2.24, 2.45) is 0 Å². The molecule has 2 aromatic carbocycles. The van der Waals surface area contributed by atoms with Crippen molar-refractivity contribution in [2.45, 2.75) is 11.8 Å². The van der Waals surface area contributed by atoms with Gasteiger partial charge >= 0.3 is 5.69 Å². The number of fused-ring (bicyclic) bond motifs is 1. The summed E-state index contributed by atoms with van der Waals surface area (Å²) in [6, 6.07) is 9.88. The molecule has 0 bridgehead atoms. The number of nitrogens with two attached hydrogens (primary N) is 1. The Morgan fingerprint density at radius 1 is 1.13 bits per heavy atom. The Morgan fingerprint density at radius 2 is 1.78 bits per heavy atom. The minimum absolute atomic E-state index is 0.0812. The minimum atomic E-state index is -4.09. The zero-order chi connectivity index (χ0) is 16.8. The number of nitrogens with zero attached hydrogens (tertiary/aromatic N) is 1. The van der Waals surface area contributed by atoms with E-state index in [2.05, 4.69) is 4.98 Å². The van der Waals surface area contributed by atoms with Crippen LogP contribution in [0.4, 0.5) is 5.69 Å². The molecule has 7 nitrogen and oxygen atoms in total. The summed E-state index contributed by atoms with van der Waals surface area (Å²) in [4.78, 5) is 25.7. The quantitative estimate of drug-likeness (QED) is 0.555. The van der Waals surface area contributed by atoms with Crippen LogP contribution in [0.5, 0.6) is 0 Å². The third kappa shape index (κ3) is 2.42. The van der Waals surface area contributed by atoms with Crippen molar-refractivity contribution in [3.05, 3.63) is 58.5 Å². The fourth-order valence-electron chi connectivity index (χ4n) is 2.31. The average Bonchev–Trinajstić information content (AvgIpc) is 2.82. The van der Waals surface area contributed by atoms with E-state index in [4.69, 9.17) is 5.73 Å². The van der Waals surface area contributed by atoms with E-state index >= 15 is 0 Å². The molecule has 0 unspecified atom stereocenters. The molecule has 3 rings (SSSR count). The molecule has 0 aliphatic carbocycles. The van der Waals surface area contributed by atoms with E-state index in [1.807, 2.05) is 0 Å². The Labute approximate surface area is 131 Å². The molecule has 118 valence electrons. The van der Waals surface area contributed by atoms with E-state index < -0.39 is 15.7 Å². The molecule has 1 aromatic heterocycles. The van der Waals surface area contributed by atoms with Gasteiger partial charge in [-0.05, 0) is 37.3 Å². The number of carbonyl (C=O) groups is 1. The molecule has 0 atom stereocenters. The summed E-state index contributed by atoms with van der Waals surface area (Å²) in [7, 11) is -4.09. The van der Waals surface area contributed by atoms with Crippen LogP contribution in [0.3, 0.4) is 0 Å². The first-order valence-corrected chi connectivity index (χ1v) is 8.11. The van der Waals surface area contributed by atoms with Crippen LogP contribution in [-0.4, -0.2) is 23.2 Å². The van der Waals surface area contributed by atoms with Crippen molar-refractivity contribution >= 4 is 32.5 Å². The van der Waals surface area contributed by atoms with Gasteiger partial charge in [-0.2, -0.15) is 3.97 Å². The molecule has 0 saturated heterocycles. The van der Waals surface area contributed by atoms with Crippen molar-refractivity contribution in [1.82, 2.24) is 8.96 Å². The van der Waals surface area contributed by atoms with Crippen molar-refractivity contribution in [3.63, 3.8) is 0 Å². The molecule has 0 spiro atoms. The Bertz CT molecular complexity index is 1080. The molecule has 0 amide bonds. The topological polar surface area (TPSA) is 115 Å². The van der Waals surface area contributed by atoms with Crippen LogP contribution in [0, 0.1) is 0 Å². The Balaban J connectivity index is 2.22. The van der Waals surface area contributed by atoms with Gasteiger partial charge in [-0.1, -0.05) is 12.1 Å². The first-order chi connectivity index (χ1) is 10.8. The van der Waals surface area contributed by atoms with Crippen LogP contribution in [0.2, 0.25) is 0 Å². The van der Waals surface area contributed by atoms with E-state index in [9.17, 15) is 18.0 Å². The van der Waals surface area contributed by atoms with Gasteiger partial charge in [0.2, 0.25) is 0 Å². The predicted octanol–water partition coefficient (Wildman–Crippen LogP) is 1.35. The monoisotopic (exact) mass is 331 g/mol. The number of H-pyrrole nitrogens is 1. The maximum absolute atomic E-state index is 12.7. The van der Waals surface area contributed by atoms with Crippen LogP contribution in [-0.2, 0) is 10.0 Å². The summed E-state index contributed by atoms with van der Waals surface area (Å²) in [6.07, 6.45) is 0. The molecule has 0 aliphatic rings. The summed E-state index contributed by atoms with van der Waals surface area (Å²) in [6.45, 7) is 1.39. The standard InChI is InChI=1S/C15H13N3O4S/c1-9(19)10-2-5-12(6-3-10)23(21,22)18-14-7-4-11(16)8-13(14)17-15(18)20/h2-8H,16H2,1H3,(H,17,20). The normalized spacial score (nSPS) is 11.7. The van der Waals surface area contributed by atoms with E-state index in [1.165, 1.54) is 49.4 Å². The summed E-state index contributed by atoms with van der Waals surface area (Å²) in [5.74, 6) is -0.173. The first kappa shape index (κ1) is 15.0. The molecule has 0 aliphatic heterocycles. The number of hydrogen-bond donors (Lipinski definition) is 2. The van der Waals surface area contributed by atoms with Crippen molar-refractivity contribution < 1.29 is 13.2 Å². The number of rotatable bonds is 3. The van der Waals surface area contributed by atoms with Gasteiger partial charge in [0.05, 0.1) is 15.9 Å². The molecule has 0 fully saturated rings. The minimum Gasteiger partial charge on any atom is -0.399 e. The second kappa shape index (κ2) is 5.10. The molecule has 3 N–H and O–H groups in total. The maximum atomic E-state index is 12.7. The Hall–Kier alpha value is -2.87. The molecule has 1 heterocycles. The summed E-state index contributed by atoms with van der Waals surface area (Å²) < 4.78 is 26.1. The highest BCUT2D eigenvalue weighted by atomic mass is 32.2. The number of nitrogens with one attached hydrogen (secondary N) is 1. The lowest BCUT2D eigenvalue weighted by Gasteiger charge is -2.06. The van der Waals surface area contributed by atoms with Gasteiger partial charge in [0, 0.05) is 11.3 Å². The summed E-state index contributed by atoms with van der Waals surface area (Å²) in [5.41, 5.74) is 6.20. The van der Waals surface area contributed by atoms with Gasteiger partial charge in [-0.25, -0.2) is 13.2 Å². The SMILES string of the molecule is CC(=O)c1ccc(S(=O)(=O)n2c(=O)[nH]c3cc(N)ccc32)cc1. The van der Waals surface area contributed by atoms with Crippen LogP contribution in [0.1, 0.15) is 17.3 Å². The number of hydrogen-bond acceptors (Lipinski definition) is 5. The molecule has 0 radical (unpaired) electrons. The zero-order valence-electron chi connectivity index (χ0n) is 12.1. The molecule has 8 heteroatoms. The zero-order valence-corrected chi connectivity index (χ0v) is 12.9. The van der Waals surface area contributed by atoms with Crippen LogP contribution >= 0.6 is 0 Å². The van der Waals surface area contributed by atoms with Crippen LogP contribution < -0.4 is 11.4 Å². The third-order valence-electron chi connectivity index (χ3n) is 3.46. The number of benzene rings is 2. The van der Waals surface area contributed by atoms with Gasteiger partial charge < -0.3 is 10.7 Å². The van der Waals surface area contributed by atoms with E-state index in [0.717, 1.165) is 0 Å². The number of anilines is 1. The van der Waals surface area contributed by atoms with Gasteiger partial charge in [-0.3, -0.25) is 4.79 Å².